The Hall–Kier alpha value is -2.95. The number of rotatable bonds is 8. The number of nitrogens with one attached hydrogen (secondary N) is 2. The zero-order chi connectivity index (χ0) is 21.2. The molecule has 0 aromatic heterocycles. The summed E-state index contributed by atoms with van der Waals surface area (Å²) >= 11 is 5.14. The van der Waals surface area contributed by atoms with Gasteiger partial charge in [0.05, 0.1) is 17.7 Å². The van der Waals surface area contributed by atoms with Crippen LogP contribution in [0, 0.1) is 17.2 Å². The first kappa shape index (κ1) is 22.3. The van der Waals surface area contributed by atoms with Crippen molar-refractivity contribution in [2.45, 2.75) is 32.9 Å². The van der Waals surface area contributed by atoms with E-state index in [1.54, 1.807) is 36.4 Å². The van der Waals surface area contributed by atoms with Gasteiger partial charge in [-0.1, -0.05) is 32.0 Å². The van der Waals surface area contributed by atoms with Crippen LogP contribution in [0.25, 0.3) is 0 Å². The number of hydrogen-bond donors (Lipinski definition) is 2. The molecule has 0 heterocycles. The normalized spacial score (nSPS) is 12.5. The number of carbonyl (C=O) groups excluding carboxylic acids is 1. The number of benzene rings is 2. The first-order valence-corrected chi connectivity index (χ1v) is 9.76. The number of para-hydroxylation sites is 1. The lowest BCUT2D eigenvalue weighted by molar-refractivity contribution is -0.123. The molecule has 2 aromatic carbocycles. The van der Waals surface area contributed by atoms with Gasteiger partial charge in [0.2, 0.25) is 5.91 Å². The van der Waals surface area contributed by atoms with Crippen molar-refractivity contribution in [1.82, 2.24) is 10.6 Å². The highest BCUT2D eigenvalue weighted by atomic mass is 32.1. The lowest BCUT2D eigenvalue weighted by atomic mass is 10.0. The van der Waals surface area contributed by atoms with E-state index < -0.39 is 6.04 Å². The third kappa shape index (κ3) is 7.53. The van der Waals surface area contributed by atoms with Crippen LogP contribution in [-0.2, 0) is 4.79 Å². The maximum Gasteiger partial charge on any atom is 0.268 e. The van der Waals surface area contributed by atoms with E-state index >= 15 is 0 Å². The molecule has 0 aliphatic carbocycles. The van der Waals surface area contributed by atoms with Crippen LogP contribution in [0.2, 0.25) is 0 Å². The molecule has 7 heteroatoms. The number of thiocarbonyl (C=S) groups is 1. The maximum absolute atomic E-state index is 12.7. The molecule has 0 bridgehead atoms. The summed E-state index contributed by atoms with van der Waals surface area (Å²) in [4.78, 5) is 12.7. The van der Waals surface area contributed by atoms with E-state index in [2.05, 4.69) is 16.7 Å². The zero-order valence-electron chi connectivity index (χ0n) is 16.7. The van der Waals surface area contributed by atoms with E-state index in [0.717, 1.165) is 0 Å². The molecule has 0 aliphatic heterocycles. The van der Waals surface area contributed by atoms with Crippen LogP contribution in [0.15, 0.2) is 54.6 Å². The number of hydrogen-bond acceptors (Lipinski definition) is 6. The van der Waals surface area contributed by atoms with Crippen LogP contribution >= 0.6 is 12.2 Å². The second-order valence-corrected chi connectivity index (χ2v) is 7.30. The molecule has 6 nitrogen and oxygen atoms in total. The SMILES string of the molecule is CC(COc1ccc(C#N)cc1)N[C@H](C(=O)NC(=S)Oc1ccccc1)C(C)C. The van der Waals surface area contributed by atoms with Crippen molar-refractivity contribution in [3.8, 4) is 17.6 Å². The number of nitrogens with zero attached hydrogens (tertiary/aromatic N) is 1. The van der Waals surface area contributed by atoms with Crippen LogP contribution in [0.4, 0.5) is 0 Å². The summed E-state index contributed by atoms with van der Waals surface area (Å²) in [5, 5.41) is 14.8. The Morgan fingerprint density at radius 1 is 1.07 bits per heavy atom. The number of nitriles is 1. The summed E-state index contributed by atoms with van der Waals surface area (Å²) in [5.41, 5.74) is 0.578. The summed E-state index contributed by atoms with van der Waals surface area (Å²) in [7, 11) is 0. The van der Waals surface area contributed by atoms with E-state index in [0.29, 0.717) is 23.7 Å². The largest absolute Gasteiger partial charge is 0.492 e. The van der Waals surface area contributed by atoms with Gasteiger partial charge in [-0.15, -0.1) is 0 Å². The second kappa shape index (κ2) is 11.1. The van der Waals surface area contributed by atoms with Gasteiger partial charge in [-0.2, -0.15) is 5.26 Å². The number of carbonyl (C=O) groups is 1. The first-order chi connectivity index (χ1) is 13.9. The van der Waals surface area contributed by atoms with E-state index in [9.17, 15) is 4.79 Å². The van der Waals surface area contributed by atoms with Crippen molar-refractivity contribution < 1.29 is 14.3 Å². The molecular formula is C22H25N3O3S. The number of amides is 1. The van der Waals surface area contributed by atoms with Crippen LogP contribution in [0.5, 0.6) is 11.5 Å². The summed E-state index contributed by atoms with van der Waals surface area (Å²) in [5.74, 6) is 1.01. The van der Waals surface area contributed by atoms with E-state index in [1.165, 1.54) is 0 Å². The predicted octanol–water partition coefficient (Wildman–Crippen LogP) is 3.42. The van der Waals surface area contributed by atoms with Crippen molar-refractivity contribution in [3.63, 3.8) is 0 Å². The third-order valence-electron chi connectivity index (χ3n) is 4.08. The second-order valence-electron chi connectivity index (χ2n) is 6.93. The highest BCUT2D eigenvalue weighted by Gasteiger charge is 2.25. The van der Waals surface area contributed by atoms with Gasteiger partial charge in [-0.05, 0) is 61.5 Å². The van der Waals surface area contributed by atoms with Gasteiger partial charge in [0.25, 0.3) is 5.17 Å². The van der Waals surface area contributed by atoms with Gasteiger partial charge in [-0.25, -0.2) is 0 Å². The van der Waals surface area contributed by atoms with Gasteiger partial charge in [-0.3, -0.25) is 15.4 Å². The molecule has 2 N–H and O–H groups in total. The molecule has 1 unspecified atom stereocenters. The Morgan fingerprint density at radius 3 is 2.31 bits per heavy atom. The number of ether oxygens (including phenoxy) is 2. The van der Waals surface area contributed by atoms with Crippen LogP contribution < -0.4 is 20.1 Å². The quantitative estimate of drug-likeness (QED) is 0.648. The van der Waals surface area contributed by atoms with Gasteiger partial charge in [0.1, 0.15) is 18.1 Å². The van der Waals surface area contributed by atoms with Crippen molar-refractivity contribution in [3.05, 3.63) is 60.2 Å². The zero-order valence-corrected chi connectivity index (χ0v) is 17.5. The molecular weight excluding hydrogens is 386 g/mol. The van der Waals surface area contributed by atoms with Crippen LogP contribution in [0.1, 0.15) is 26.3 Å². The molecule has 2 atom stereocenters. The molecule has 29 heavy (non-hydrogen) atoms. The Morgan fingerprint density at radius 2 is 1.72 bits per heavy atom. The Kier molecular flexibility index (Phi) is 8.59. The fourth-order valence-corrected chi connectivity index (χ4v) is 2.77. The molecule has 0 aliphatic rings. The standard InChI is InChI=1S/C22H25N3O3S/c1-15(2)20(21(26)25-22(29)28-19-7-5-4-6-8-19)24-16(3)14-27-18-11-9-17(13-23)10-12-18/h4-12,15-16,20,24H,14H2,1-3H3,(H,25,26,29)/t16?,20-/m0/s1. The van der Waals surface area contributed by atoms with Gasteiger partial charge in [0, 0.05) is 6.04 Å². The van der Waals surface area contributed by atoms with Crippen molar-refractivity contribution in [1.29, 1.82) is 5.26 Å². The van der Waals surface area contributed by atoms with E-state index in [1.807, 2.05) is 39.0 Å². The topological polar surface area (TPSA) is 83.4 Å². The van der Waals surface area contributed by atoms with Crippen LogP contribution in [-0.4, -0.2) is 29.8 Å². The van der Waals surface area contributed by atoms with Crippen molar-refractivity contribution in [2.24, 2.45) is 5.92 Å². The Bertz CT molecular complexity index is 848. The lowest BCUT2D eigenvalue weighted by Crippen LogP contribution is -2.53. The Balaban J connectivity index is 1.86. The summed E-state index contributed by atoms with van der Waals surface area (Å²) < 4.78 is 11.2. The van der Waals surface area contributed by atoms with Crippen molar-refractivity contribution >= 4 is 23.3 Å². The summed E-state index contributed by atoms with van der Waals surface area (Å²) in [6, 6.07) is 17.5. The minimum Gasteiger partial charge on any atom is -0.492 e. The fourth-order valence-electron chi connectivity index (χ4n) is 2.57. The van der Waals surface area contributed by atoms with Crippen molar-refractivity contribution in [2.75, 3.05) is 6.61 Å². The van der Waals surface area contributed by atoms with Gasteiger partial charge < -0.3 is 9.47 Å². The molecule has 2 aromatic rings. The molecule has 0 saturated heterocycles. The molecule has 0 spiro atoms. The molecule has 0 radical (unpaired) electrons. The molecule has 2 rings (SSSR count). The van der Waals surface area contributed by atoms with Gasteiger partial charge in [0.15, 0.2) is 0 Å². The fraction of sp³-hybridized carbons (Fsp3) is 0.318. The predicted molar refractivity (Wildman–Crippen MR) is 116 cm³/mol. The maximum atomic E-state index is 12.7. The van der Waals surface area contributed by atoms with Crippen LogP contribution in [0.3, 0.4) is 0 Å². The smallest absolute Gasteiger partial charge is 0.268 e. The average Bonchev–Trinajstić information content (AvgIpc) is 2.71. The Labute approximate surface area is 176 Å². The third-order valence-corrected chi connectivity index (χ3v) is 4.26. The molecule has 0 saturated carbocycles. The highest BCUT2D eigenvalue weighted by molar-refractivity contribution is 7.80. The summed E-state index contributed by atoms with van der Waals surface area (Å²) in [6.45, 7) is 6.21. The van der Waals surface area contributed by atoms with E-state index in [4.69, 9.17) is 27.0 Å². The molecule has 1 amide bonds. The van der Waals surface area contributed by atoms with E-state index in [-0.39, 0.29) is 23.0 Å². The lowest BCUT2D eigenvalue weighted by Gasteiger charge is -2.25. The van der Waals surface area contributed by atoms with Gasteiger partial charge >= 0.3 is 0 Å². The minimum absolute atomic E-state index is 0.00938. The monoisotopic (exact) mass is 411 g/mol. The minimum atomic E-state index is -0.466. The highest BCUT2D eigenvalue weighted by Crippen LogP contribution is 2.12. The summed E-state index contributed by atoms with van der Waals surface area (Å²) in [6.07, 6.45) is 0. The molecule has 0 fully saturated rings. The molecule has 152 valence electrons. The first-order valence-electron chi connectivity index (χ1n) is 9.35. The average molecular weight is 412 g/mol.